The van der Waals surface area contributed by atoms with Crippen molar-refractivity contribution >= 4 is 23.3 Å². The van der Waals surface area contributed by atoms with Gasteiger partial charge in [-0.3, -0.25) is 9.78 Å². The fourth-order valence-electron chi connectivity index (χ4n) is 2.08. The van der Waals surface area contributed by atoms with Gasteiger partial charge in [-0.25, -0.2) is 4.98 Å². The van der Waals surface area contributed by atoms with Crippen molar-refractivity contribution in [1.82, 2.24) is 9.97 Å². The lowest BCUT2D eigenvalue weighted by atomic mass is 9.98. The van der Waals surface area contributed by atoms with Crippen LogP contribution >= 0.6 is 11.8 Å². The molecule has 0 saturated carbocycles. The highest BCUT2D eigenvalue weighted by Crippen LogP contribution is 2.26. The first-order chi connectivity index (χ1) is 10.9. The Morgan fingerprint density at radius 3 is 2.61 bits per heavy atom. The van der Waals surface area contributed by atoms with E-state index in [0.29, 0.717) is 0 Å². The van der Waals surface area contributed by atoms with E-state index in [-0.39, 0.29) is 11.0 Å². The minimum absolute atomic E-state index is 0.189. The van der Waals surface area contributed by atoms with Crippen molar-refractivity contribution < 1.29 is 25.2 Å². The summed E-state index contributed by atoms with van der Waals surface area (Å²) < 4.78 is 5.22. The van der Waals surface area contributed by atoms with Crippen LogP contribution in [0.5, 0.6) is 0 Å². The molecule has 1 fully saturated rings. The third kappa shape index (κ3) is 3.52. The average Bonchev–Trinajstić information content (AvgIpc) is 2.54. The van der Waals surface area contributed by atoms with Gasteiger partial charge in [0.05, 0.1) is 6.61 Å². The van der Waals surface area contributed by atoms with Gasteiger partial charge in [0, 0.05) is 0 Å². The van der Waals surface area contributed by atoms with Crippen molar-refractivity contribution in [2.24, 2.45) is 5.18 Å². The summed E-state index contributed by atoms with van der Waals surface area (Å²) in [6, 6.07) is 0. The molecule has 1 aromatic rings. The first kappa shape index (κ1) is 17.8. The molecule has 1 unspecified atom stereocenters. The van der Waals surface area contributed by atoms with Crippen molar-refractivity contribution in [1.29, 1.82) is 0 Å². The van der Waals surface area contributed by atoms with Crippen LogP contribution in [0.15, 0.2) is 15.1 Å². The van der Waals surface area contributed by atoms with Gasteiger partial charge >= 0.3 is 0 Å². The van der Waals surface area contributed by atoms with Gasteiger partial charge in [0.25, 0.3) is 5.56 Å². The van der Waals surface area contributed by atoms with Crippen LogP contribution in [0.2, 0.25) is 0 Å². The number of ether oxygens (including phenoxy) is 1. The Kier molecular flexibility index (Phi) is 5.67. The average molecular weight is 348 g/mol. The molecular formula is C11H16N4O7S. The van der Waals surface area contributed by atoms with Gasteiger partial charge in [0.1, 0.15) is 24.4 Å². The summed E-state index contributed by atoms with van der Waals surface area (Å²) in [6.07, 6.45) is -5.54. The summed E-state index contributed by atoms with van der Waals surface area (Å²) in [4.78, 5) is 28.8. The second-order valence-corrected chi connectivity index (χ2v) is 5.55. The van der Waals surface area contributed by atoms with Crippen LogP contribution in [0.25, 0.3) is 0 Å². The van der Waals surface area contributed by atoms with Crippen molar-refractivity contribution in [3.05, 3.63) is 15.3 Å². The number of nitroso groups, excluding NO2 is 1. The van der Waals surface area contributed by atoms with E-state index in [9.17, 15) is 25.0 Å². The Morgan fingerprint density at radius 2 is 2.04 bits per heavy atom. The molecule has 0 amide bonds. The number of H-pyrrole nitrogens is 1. The van der Waals surface area contributed by atoms with Crippen LogP contribution in [0.1, 0.15) is 0 Å². The van der Waals surface area contributed by atoms with E-state index in [0.717, 1.165) is 11.8 Å². The molecule has 0 radical (unpaired) electrons. The van der Waals surface area contributed by atoms with Gasteiger partial charge in [-0.2, -0.15) is 0 Å². The second-order valence-electron chi connectivity index (χ2n) is 4.76. The maximum Gasteiger partial charge on any atom is 0.283 e. The lowest BCUT2D eigenvalue weighted by Crippen LogP contribution is -2.60. The van der Waals surface area contributed by atoms with E-state index in [1.165, 1.54) is 0 Å². The van der Waals surface area contributed by atoms with Crippen LogP contribution in [-0.2, 0) is 4.74 Å². The highest BCUT2D eigenvalue weighted by atomic mass is 32.2. The van der Waals surface area contributed by atoms with E-state index in [1.54, 1.807) is 6.26 Å². The van der Waals surface area contributed by atoms with Crippen molar-refractivity contribution in [2.75, 3.05) is 18.2 Å². The van der Waals surface area contributed by atoms with E-state index in [1.807, 2.05) is 0 Å². The Morgan fingerprint density at radius 1 is 1.35 bits per heavy atom. The zero-order valence-corrected chi connectivity index (χ0v) is 12.7. The molecule has 1 aromatic heterocycles. The molecule has 11 nitrogen and oxygen atoms in total. The predicted octanol–water partition coefficient (Wildman–Crippen LogP) is -1.90. The first-order valence-electron chi connectivity index (χ1n) is 6.51. The third-order valence-electron chi connectivity index (χ3n) is 3.33. The Hall–Kier alpha value is -1.57. The fourth-order valence-corrected chi connectivity index (χ4v) is 2.46. The van der Waals surface area contributed by atoms with Gasteiger partial charge in [-0.05, 0) is 11.4 Å². The predicted molar refractivity (Wildman–Crippen MR) is 79.5 cm³/mol. The fraction of sp³-hybridized carbons (Fsp3) is 0.636. The number of thioether (sulfide) groups is 1. The number of aromatic nitrogens is 2. The molecular weight excluding hydrogens is 332 g/mol. The summed E-state index contributed by atoms with van der Waals surface area (Å²) in [5.74, 6) is -0.252. The Labute approximate surface area is 133 Å². The number of aromatic amines is 1. The molecule has 2 rings (SSSR count). The van der Waals surface area contributed by atoms with Crippen LogP contribution < -0.4 is 10.9 Å². The topological polar surface area (TPSA) is 177 Å². The highest BCUT2D eigenvalue weighted by Gasteiger charge is 2.43. The number of nitrogens with one attached hydrogen (secondary N) is 2. The van der Waals surface area contributed by atoms with Crippen LogP contribution in [-0.4, -0.2) is 73.9 Å². The molecule has 1 saturated heterocycles. The zero-order chi connectivity index (χ0) is 17.1. The van der Waals surface area contributed by atoms with E-state index in [2.05, 4.69) is 20.5 Å². The summed E-state index contributed by atoms with van der Waals surface area (Å²) in [7, 11) is 0. The quantitative estimate of drug-likeness (QED) is 0.200. The summed E-state index contributed by atoms with van der Waals surface area (Å²) >= 11 is 1.10. The normalized spacial score (nSPS) is 30.9. The lowest BCUT2D eigenvalue weighted by Gasteiger charge is -2.40. The molecule has 0 aromatic carbocycles. The number of aliphatic hydroxyl groups excluding tert-OH is 4. The van der Waals surface area contributed by atoms with E-state index in [4.69, 9.17) is 9.84 Å². The summed E-state index contributed by atoms with van der Waals surface area (Å²) in [5.41, 5.74) is -1.34. The summed E-state index contributed by atoms with van der Waals surface area (Å²) in [5, 5.41) is 43.7. The standard InChI is InChI=1S/C11H16N4O7S/c1-23-11-13-8(4(15-21)9(20)14-11)12-10-7(19)6(18)5(17)3(2-16)22-10/h3,5-7,10,16-19H,2H2,1H3,(H2,12,13,14,20)/t3-,5-,6+,7-,10?/m1/s1. The summed E-state index contributed by atoms with van der Waals surface area (Å²) in [6.45, 7) is -0.610. The zero-order valence-electron chi connectivity index (χ0n) is 11.9. The second kappa shape index (κ2) is 7.33. The molecule has 0 bridgehead atoms. The van der Waals surface area contributed by atoms with Crippen LogP contribution in [0.4, 0.5) is 11.5 Å². The molecule has 1 aliphatic heterocycles. The molecule has 5 atom stereocenters. The number of anilines is 1. The van der Waals surface area contributed by atoms with Crippen molar-refractivity contribution in [3.63, 3.8) is 0 Å². The molecule has 6 N–H and O–H groups in total. The molecule has 1 aliphatic rings. The van der Waals surface area contributed by atoms with E-state index >= 15 is 0 Å². The van der Waals surface area contributed by atoms with Crippen molar-refractivity contribution in [2.45, 2.75) is 35.8 Å². The monoisotopic (exact) mass is 348 g/mol. The largest absolute Gasteiger partial charge is 0.394 e. The third-order valence-corrected chi connectivity index (χ3v) is 3.91. The van der Waals surface area contributed by atoms with Gasteiger partial charge < -0.3 is 30.5 Å². The maximum atomic E-state index is 11.7. The highest BCUT2D eigenvalue weighted by molar-refractivity contribution is 7.98. The number of hydrogen-bond acceptors (Lipinski definition) is 11. The minimum Gasteiger partial charge on any atom is -0.394 e. The minimum atomic E-state index is -1.60. The van der Waals surface area contributed by atoms with Crippen LogP contribution in [0, 0.1) is 4.91 Å². The van der Waals surface area contributed by atoms with Crippen molar-refractivity contribution in [3.8, 4) is 0 Å². The molecule has 12 heteroatoms. The SMILES string of the molecule is CSc1nc(NC2O[C@H](CO)[C@@H](O)[C@H](O)[C@H]2O)c(N=O)c(=O)[nH]1. The van der Waals surface area contributed by atoms with Gasteiger partial charge in [0.15, 0.2) is 17.2 Å². The van der Waals surface area contributed by atoms with Gasteiger partial charge in [-0.15, -0.1) is 4.91 Å². The molecule has 0 spiro atoms. The number of nitrogens with zero attached hydrogens (tertiary/aromatic N) is 2. The lowest BCUT2D eigenvalue weighted by molar-refractivity contribution is -0.221. The van der Waals surface area contributed by atoms with E-state index < -0.39 is 48.5 Å². The Bertz CT molecular complexity index is 625. The number of aliphatic hydroxyl groups is 4. The smallest absolute Gasteiger partial charge is 0.283 e. The molecule has 128 valence electrons. The van der Waals surface area contributed by atoms with Crippen LogP contribution in [0.3, 0.4) is 0 Å². The number of hydrogen-bond donors (Lipinski definition) is 6. The Balaban J connectivity index is 2.32. The molecule has 0 aliphatic carbocycles. The first-order valence-corrected chi connectivity index (χ1v) is 7.74. The van der Waals surface area contributed by atoms with Gasteiger partial charge in [-0.1, -0.05) is 11.8 Å². The molecule has 23 heavy (non-hydrogen) atoms. The molecule has 2 heterocycles. The number of rotatable bonds is 5. The maximum absolute atomic E-state index is 11.7. The van der Waals surface area contributed by atoms with Gasteiger partial charge in [0.2, 0.25) is 5.69 Å².